The average Bonchev–Trinajstić information content (AvgIpc) is 3.24. The van der Waals surface area contributed by atoms with Crippen LogP contribution in [0.2, 0.25) is 0 Å². The number of aromatic nitrogens is 1. The van der Waals surface area contributed by atoms with Crippen LogP contribution in [0, 0.1) is 6.92 Å². The van der Waals surface area contributed by atoms with Crippen LogP contribution in [0.15, 0.2) is 29.1 Å². The number of benzene rings is 1. The SMILES string of the molecule is Cc1sc(=O)[nH]c1C(=O)NC(C)CC(=O)Nc1cccc(N2CCCC2)c1. The summed E-state index contributed by atoms with van der Waals surface area (Å²) < 4.78 is 0. The number of aryl methyl sites for hydroxylation is 1. The minimum atomic E-state index is -0.373. The Balaban J connectivity index is 1.54. The zero-order valence-electron chi connectivity index (χ0n) is 15.5. The Morgan fingerprint density at radius 1 is 1.30 bits per heavy atom. The molecule has 1 fully saturated rings. The van der Waals surface area contributed by atoms with E-state index in [0.717, 1.165) is 35.8 Å². The van der Waals surface area contributed by atoms with Gasteiger partial charge in [-0.25, -0.2) is 0 Å². The second-order valence-electron chi connectivity index (χ2n) is 6.82. The fourth-order valence-electron chi connectivity index (χ4n) is 3.22. The second-order valence-corrected chi connectivity index (χ2v) is 8.00. The van der Waals surface area contributed by atoms with Crippen molar-refractivity contribution < 1.29 is 9.59 Å². The molecule has 144 valence electrons. The molecule has 0 bridgehead atoms. The number of carbonyl (C=O) groups excluding carboxylic acids is 2. The third kappa shape index (κ3) is 4.97. The van der Waals surface area contributed by atoms with E-state index in [1.54, 1.807) is 13.8 Å². The monoisotopic (exact) mass is 388 g/mol. The number of hydrogen-bond donors (Lipinski definition) is 3. The lowest BCUT2D eigenvalue weighted by molar-refractivity contribution is -0.116. The van der Waals surface area contributed by atoms with Gasteiger partial charge in [-0.1, -0.05) is 17.4 Å². The fraction of sp³-hybridized carbons (Fsp3) is 0.421. The first-order chi connectivity index (χ1) is 12.9. The Bertz CT molecular complexity index is 883. The van der Waals surface area contributed by atoms with E-state index in [1.165, 1.54) is 12.8 Å². The lowest BCUT2D eigenvalue weighted by Gasteiger charge is -2.19. The summed E-state index contributed by atoms with van der Waals surface area (Å²) in [6.07, 6.45) is 2.54. The number of anilines is 2. The molecule has 2 heterocycles. The summed E-state index contributed by atoms with van der Waals surface area (Å²) in [7, 11) is 0. The minimum absolute atomic E-state index is 0.146. The lowest BCUT2D eigenvalue weighted by atomic mass is 10.2. The highest BCUT2D eigenvalue weighted by atomic mass is 32.1. The first kappa shape index (κ1) is 19.2. The predicted molar refractivity (Wildman–Crippen MR) is 108 cm³/mol. The highest BCUT2D eigenvalue weighted by molar-refractivity contribution is 7.09. The van der Waals surface area contributed by atoms with E-state index in [-0.39, 0.29) is 34.8 Å². The number of aromatic amines is 1. The van der Waals surface area contributed by atoms with Crippen LogP contribution in [0.5, 0.6) is 0 Å². The van der Waals surface area contributed by atoms with Crippen molar-refractivity contribution in [2.45, 2.75) is 39.2 Å². The van der Waals surface area contributed by atoms with Gasteiger partial charge in [0.2, 0.25) is 5.91 Å². The minimum Gasteiger partial charge on any atom is -0.371 e. The molecule has 0 radical (unpaired) electrons. The lowest BCUT2D eigenvalue weighted by Crippen LogP contribution is -2.36. The first-order valence-electron chi connectivity index (χ1n) is 9.08. The van der Waals surface area contributed by atoms with Crippen molar-refractivity contribution >= 4 is 34.5 Å². The van der Waals surface area contributed by atoms with Crippen LogP contribution in [-0.4, -0.2) is 35.9 Å². The van der Waals surface area contributed by atoms with Crippen molar-refractivity contribution in [1.82, 2.24) is 10.3 Å². The van der Waals surface area contributed by atoms with Gasteiger partial charge in [-0.05, 0) is 44.9 Å². The summed E-state index contributed by atoms with van der Waals surface area (Å²) >= 11 is 0.997. The number of carbonyl (C=O) groups is 2. The Hall–Kier alpha value is -2.61. The van der Waals surface area contributed by atoms with Gasteiger partial charge in [-0.15, -0.1) is 0 Å². The molecule has 7 nitrogen and oxygen atoms in total. The van der Waals surface area contributed by atoms with Gasteiger partial charge in [-0.2, -0.15) is 0 Å². The number of thiazole rings is 1. The van der Waals surface area contributed by atoms with Gasteiger partial charge in [0.15, 0.2) is 0 Å². The molecule has 3 rings (SSSR count). The van der Waals surface area contributed by atoms with Crippen molar-refractivity contribution in [3.63, 3.8) is 0 Å². The van der Waals surface area contributed by atoms with E-state index < -0.39 is 0 Å². The molecule has 1 unspecified atom stereocenters. The number of amides is 2. The van der Waals surface area contributed by atoms with Crippen LogP contribution in [0.3, 0.4) is 0 Å². The van der Waals surface area contributed by atoms with Gasteiger partial charge in [0.05, 0.1) is 0 Å². The normalized spacial score (nSPS) is 14.8. The molecule has 1 saturated heterocycles. The predicted octanol–water partition coefficient (Wildman–Crippen LogP) is 2.49. The highest BCUT2D eigenvalue weighted by Gasteiger charge is 2.18. The molecule has 2 aromatic rings. The van der Waals surface area contributed by atoms with E-state index in [2.05, 4.69) is 20.5 Å². The molecule has 1 aliphatic heterocycles. The number of nitrogens with one attached hydrogen (secondary N) is 3. The largest absolute Gasteiger partial charge is 0.371 e. The van der Waals surface area contributed by atoms with Gasteiger partial charge in [0.1, 0.15) is 5.69 Å². The third-order valence-corrected chi connectivity index (χ3v) is 5.32. The molecule has 1 aliphatic rings. The molecule has 3 N–H and O–H groups in total. The van der Waals surface area contributed by atoms with Gasteiger partial charge < -0.3 is 20.5 Å². The summed E-state index contributed by atoms with van der Waals surface area (Å²) in [4.78, 5) is 41.0. The number of rotatable bonds is 6. The summed E-state index contributed by atoms with van der Waals surface area (Å²) in [5.41, 5.74) is 2.13. The quantitative estimate of drug-likeness (QED) is 0.709. The maximum atomic E-state index is 12.3. The van der Waals surface area contributed by atoms with Crippen LogP contribution in [0.4, 0.5) is 11.4 Å². The molecule has 8 heteroatoms. The molecule has 1 aromatic heterocycles. The van der Waals surface area contributed by atoms with Crippen molar-refractivity contribution in [2.24, 2.45) is 0 Å². The average molecular weight is 388 g/mol. The van der Waals surface area contributed by atoms with E-state index in [1.807, 2.05) is 24.3 Å². The summed E-state index contributed by atoms with van der Waals surface area (Å²) in [5.74, 6) is -0.543. The molecular weight excluding hydrogens is 364 g/mol. The van der Waals surface area contributed by atoms with Crippen LogP contribution < -0.4 is 20.4 Å². The molecule has 0 saturated carbocycles. The van der Waals surface area contributed by atoms with Gasteiger partial charge >= 0.3 is 4.87 Å². The standard InChI is InChI=1S/C19H24N4O3S/c1-12(20-18(25)17-13(2)27-19(26)22-17)10-16(24)21-14-6-5-7-15(11-14)23-8-3-4-9-23/h5-7,11-12H,3-4,8-10H2,1-2H3,(H,20,25)(H,21,24)(H,22,26). The number of hydrogen-bond acceptors (Lipinski definition) is 5. The van der Waals surface area contributed by atoms with Crippen molar-refractivity contribution in [2.75, 3.05) is 23.3 Å². The third-order valence-electron chi connectivity index (χ3n) is 4.52. The molecular formula is C19H24N4O3S. The number of nitrogens with zero attached hydrogens (tertiary/aromatic N) is 1. The van der Waals surface area contributed by atoms with E-state index in [9.17, 15) is 14.4 Å². The first-order valence-corrected chi connectivity index (χ1v) is 9.89. The van der Waals surface area contributed by atoms with E-state index in [4.69, 9.17) is 0 Å². The molecule has 0 spiro atoms. The second kappa shape index (κ2) is 8.39. The molecule has 1 aromatic carbocycles. The summed E-state index contributed by atoms with van der Waals surface area (Å²) in [6, 6.07) is 7.46. The Labute approximate surface area is 161 Å². The molecule has 0 aliphatic carbocycles. The highest BCUT2D eigenvalue weighted by Crippen LogP contribution is 2.23. The van der Waals surface area contributed by atoms with Crippen LogP contribution in [-0.2, 0) is 4.79 Å². The van der Waals surface area contributed by atoms with Gasteiger partial charge in [0.25, 0.3) is 5.91 Å². The van der Waals surface area contributed by atoms with E-state index in [0.29, 0.717) is 4.88 Å². The maximum absolute atomic E-state index is 12.3. The summed E-state index contributed by atoms with van der Waals surface area (Å²) in [5, 5.41) is 5.64. The van der Waals surface area contributed by atoms with E-state index >= 15 is 0 Å². The topological polar surface area (TPSA) is 94.3 Å². The van der Waals surface area contributed by atoms with Gasteiger partial charge in [0, 0.05) is 41.8 Å². The van der Waals surface area contributed by atoms with Gasteiger partial charge in [-0.3, -0.25) is 14.4 Å². The number of H-pyrrole nitrogens is 1. The Kier molecular flexibility index (Phi) is 5.95. The fourth-order valence-corrected chi connectivity index (χ4v) is 3.89. The smallest absolute Gasteiger partial charge is 0.305 e. The van der Waals surface area contributed by atoms with Crippen molar-refractivity contribution in [3.8, 4) is 0 Å². The van der Waals surface area contributed by atoms with Crippen LogP contribution in [0.25, 0.3) is 0 Å². The summed E-state index contributed by atoms with van der Waals surface area (Å²) in [6.45, 7) is 5.56. The zero-order chi connectivity index (χ0) is 19.4. The maximum Gasteiger partial charge on any atom is 0.305 e. The van der Waals surface area contributed by atoms with Crippen molar-refractivity contribution in [3.05, 3.63) is 44.5 Å². The molecule has 1 atom stereocenters. The van der Waals surface area contributed by atoms with Crippen LogP contribution >= 0.6 is 11.3 Å². The zero-order valence-corrected chi connectivity index (χ0v) is 16.3. The Morgan fingerprint density at radius 2 is 2.04 bits per heavy atom. The van der Waals surface area contributed by atoms with Crippen molar-refractivity contribution in [1.29, 1.82) is 0 Å². The Morgan fingerprint density at radius 3 is 2.70 bits per heavy atom. The molecule has 27 heavy (non-hydrogen) atoms. The molecule has 2 amide bonds. The van der Waals surface area contributed by atoms with Crippen LogP contribution in [0.1, 0.15) is 41.6 Å².